The van der Waals surface area contributed by atoms with E-state index in [1.165, 1.54) is 0 Å². The third-order valence-electron chi connectivity index (χ3n) is 3.47. The Morgan fingerprint density at radius 2 is 1.69 bits per heavy atom. The van der Waals surface area contributed by atoms with Gasteiger partial charge in [0.1, 0.15) is 0 Å². The van der Waals surface area contributed by atoms with Crippen molar-refractivity contribution in [2.75, 3.05) is 35.0 Å². The lowest BCUT2D eigenvalue weighted by Crippen LogP contribution is -2.50. The Morgan fingerprint density at radius 1 is 1.08 bits per heavy atom. The highest BCUT2D eigenvalue weighted by Gasteiger charge is 2.14. The fourth-order valence-corrected chi connectivity index (χ4v) is 2.53. The van der Waals surface area contributed by atoms with Gasteiger partial charge in [-0.2, -0.15) is 0 Å². The maximum atomic E-state index is 12.0. The number of ether oxygens (including phenoxy) is 4. The third kappa shape index (κ3) is 6.93. The van der Waals surface area contributed by atoms with Gasteiger partial charge in [-0.25, -0.2) is 0 Å². The quantitative estimate of drug-likeness (QED) is 0.431. The number of thiocarbonyl (C=S) groups is 1. The number of amides is 1. The van der Waals surface area contributed by atoms with E-state index >= 15 is 0 Å². The number of methoxy groups -OCH3 is 4. The van der Waals surface area contributed by atoms with Crippen molar-refractivity contribution in [3.63, 3.8) is 0 Å². The fourth-order valence-electron chi connectivity index (χ4n) is 2.28. The molecule has 0 bridgehead atoms. The Kier molecular flexibility index (Phi) is 9.53. The summed E-state index contributed by atoms with van der Waals surface area (Å²) in [5, 5.41) is 3.32. The van der Waals surface area contributed by atoms with Crippen LogP contribution in [0.2, 0.25) is 0 Å². The monoisotopic (exact) mass is 385 g/mol. The zero-order valence-corrected chi connectivity index (χ0v) is 16.6. The van der Waals surface area contributed by atoms with Crippen molar-refractivity contribution in [1.29, 1.82) is 0 Å². The second-order valence-electron chi connectivity index (χ2n) is 5.54. The van der Waals surface area contributed by atoms with Gasteiger partial charge < -0.3 is 24.3 Å². The van der Waals surface area contributed by atoms with Gasteiger partial charge in [0.15, 0.2) is 16.6 Å². The molecule has 3 N–H and O–H groups in total. The first-order valence-corrected chi connectivity index (χ1v) is 8.49. The van der Waals surface area contributed by atoms with Gasteiger partial charge in [-0.15, -0.1) is 0 Å². The van der Waals surface area contributed by atoms with Gasteiger partial charge in [0.2, 0.25) is 11.7 Å². The molecule has 0 saturated heterocycles. The SMILES string of the molecule is COC[C@@H](C)NC(=S)NNC(=O)CCc1cc(OC)c(OC)c(OC)c1. The molecule has 0 heterocycles. The molecular formula is C17H27N3O5S. The number of nitrogens with one attached hydrogen (secondary N) is 3. The molecule has 146 valence electrons. The number of rotatable bonds is 9. The highest BCUT2D eigenvalue weighted by Crippen LogP contribution is 2.38. The maximum absolute atomic E-state index is 12.0. The first-order chi connectivity index (χ1) is 12.4. The molecule has 0 fully saturated rings. The lowest BCUT2D eigenvalue weighted by Gasteiger charge is -2.16. The summed E-state index contributed by atoms with van der Waals surface area (Å²) in [6.07, 6.45) is 0.770. The molecule has 0 unspecified atom stereocenters. The van der Waals surface area contributed by atoms with E-state index in [1.807, 2.05) is 19.1 Å². The second-order valence-corrected chi connectivity index (χ2v) is 5.94. The Morgan fingerprint density at radius 3 is 2.19 bits per heavy atom. The standard InChI is InChI=1S/C17H27N3O5S/c1-11(10-22-2)18-17(26)20-19-15(21)7-6-12-8-13(23-3)16(25-5)14(9-12)24-4/h8-9,11H,6-7,10H2,1-5H3,(H,19,21)(H2,18,20,26)/t11-/m1/s1. The molecule has 1 rings (SSSR count). The molecule has 8 nitrogen and oxygen atoms in total. The lowest BCUT2D eigenvalue weighted by molar-refractivity contribution is -0.121. The van der Waals surface area contributed by atoms with E-state index < -0.39 is 0 Å². The normalized spacial score (nSPS) is 11.3. The van der Waals surface area contributed by atoms with E-state index in [4.69, 9.17) is 31.2 Å². The molecule has 1 aromatic carbocycles. The van der Waals surface area contributed by atoms with Gasteiger partial charge in [-0.3, -0.25) is 15.6 Å². The van der Waals surface area contributed by atoms with Gasteiger partial charge in [0.25, 0.3) is 0 Å². The van der Waals surface area contributed by atoms with E-state index in [9.17, 15) is 4.79 Å². The van der Waals surface area contributed by atoms with Crippen molar-refractivity contribution in [2.45, 2.75) is 25.8 Å². The van der Waals surface area contributed by atoms with Crippen molar-refractivity contribution in [2.24, 2.45) is 0 Å². The van der Waals surface area contributed by atoms with E-state index in [0.29, 0.717) is 35.4 Å². The van der Waals surface area contributed by atoms with Crippen LogP contribution < -0.4 is 30.4 Å². The number of hydrazine groups is 1. The first-order valence-electron chi connectivity index (χ1n) is 8.08. The number of carbonyl (C=O) groups is 1. The van der Waals surface area contributed by atoms with Gasteiger partial charge >= 0.3 is 0 Å². The number of carbonyl (C=O) groups excluding carboxylic acids is 1. The van der Waals surface area contributed by atoms with Crippen molar-refractivity contribution in [3.8, 4) is 17.2 Å². The van der Waals surface area contributed by atoms with Crippen LogP contribution in [0.1, 0.15) is 18.9 Å². The molecule has 0 aliphatic rings. The minimum Gasteiger partial charge on any atom is -0.493 e. The Hall–Kier alpha value is -2.26. The summed E-state index contributed by atoms with van der Waals surface area (Å²) >= 11 is 5.09. The molecule has 1 atom stereocenters. The van der Waals surface area contributed by atoms with Gasteiger partial charge in [-0.05, 0) is 43.3 Å². The molecular weight excluding hydrogens is 358 g/mol. The number of aryl methyl sites for hydroxylation is 1. The number of hydrogen-bond donors (Lipinski definition) is 3. The molecule has 1 aromatic rings. The molecule has 0 spiro atoms. The van der Waals surface area contributed by atoms with Crippen molar-refractivity contribution >= 4 is 23.2 Å². The summed E-state index contributed by atoms with van der Waals surface area (Å²) in [6, 6.07) is 3.68. The van der Waals surface area contributed by atoms with Crippen LogP contribution in [0, 0.1) is 0 Å². The predicted molar refractivity (Wildman–Crippen MR) is 103 cm³/mol. The Labute approximate surface area is 159 Å². The van der Waals surface area contributed by atoms with Crippen molar-refractivity contribution < 1.29 is 23.7 Å². The van der Waals surface area contributed by atoms with Gasteiger partial charge in [-0.1, -0.05) is 0 Å². The minimum absolute atomic E-state index is 0.0381. The van der Waals surface area contributed by atoms with Crippen LogP contribution in [0.4, 0.5) is 0 Å². The summed E-state index contributed by atoms with van der Waals surface area (Å²) in [5.41, 5.74) is 6.12. The largest absolute Gasteiger partial charge is 0.493 e. The molecule has 0 aromatic heterocycles. The summed E-state index contributed by atoms with van der Waals surface area (Å²) < 4.78 is 20.9. The third-order valence-corrected chi connectivity index (χ3v) is 3.69. The van der Waals surface area contributed by atoms with Crippen LogP contribution in [-0.2, 0) is 16.0 Å². The van der Waals surface area contributed by atoms with Crippen LogP contribution in [0.5, 0.6) is 17.2 Å². The Balaban J connectivity index is 2.53. The number of hydrogen-bond acceptors (Lipinski definition) is 6. The highest BCUT2D eigenvalue weighted by atomic mass is 32.1. The maximum Gasteiger partial charge on any atom is 0.238 e. The summed E-state index contributed by atoms with van der Waals surface area (Å²) in [4.78, 5) is 12.0. The van der Waals surface area contributed by atoms with E-state index in [1.54, 1.807) is 28.4 Å². The highest BCUT2D eigenvalue weighted by molar-refractivity contribution is 7.80. The fraction of sp³-hybridized carbons (Fsp3) is 0.529. The summed E-state index contributed by atoms with van der Waals surface area (Å²) in [5.74, 6) is 1.43. The van der Waals surface area contributed by atoms with Crippen LogP contribution in [-0.4, -0.2) is 52.1 Å². The topological polar surface area (TPSA) is 90.1 Å². The van der Waals surface area contributed by atoms with Crippen LogP contribution >= 0.6 is 12.2 Å². The first kappa shape index (κ1) is 21.8. The van der Waals surface area contributed by atoms with E-state index in [-0.39, 0.29) is 18.4 Å². The summed E-state index contributed by atoms with van der Waals surface area (Å²) in [7, 11) is 6.26. The molecule has 1 amide bonds. The van der Waals surface area contributed by atoms with Crippen LogP contribution in [0.15, 0.2) is 12.1 Å². The average Bonchev–Trinajstić information content (AvgIpc) is 2.63. The molecule has 26 heavy (non-hydrogen) atoms. The lowest BCUT2D eigenvalue weighted by atomic mass is 10.1. The van der Waals surface area contributed by atoms with E-state index in [0.717, 1.165) is 5.56 Å². The average molecular weight is 385 g/mol. The molecule has 0 aliphatic heterocycles. The smallest absolute Gasteiger partial charge is 0.238 e. The zero-order valence-electron chi connectivity index (χ0n) is 15.8. The Bertz CT molecular complexity index is 587. The van der Waals surface area contributed by atoms with Crippen LogP contribution in [0.3, 0.4) is 0 Å². The van der Waals surface area contributed by atoms with Crippen molar-refractivity contribution in [3.05, 3.63) is 17.7 Å². The zero-order chi connectivity index (χ0) is 19.5. The summed E-state index contributed by atoms with van der Waals surface area (Å²) in [6.45, 7) is 2.43. The van der Waals surface area contributed by atoms with Gasteiger partial charge in [0, 0.05) is 19.6 Å². The molecule has 0 aliphatic carbocycles. The molecule has 0 radical (unpaired) electrons. The predicted octanol–water partition coefficient (Wildman–Crippen LogP) is 1.18. The van der Waals surface area contributed by atoms with Gasteiger partial charge in [0.05, 0.1) is 27.9 Å². The molecule has 0 saturated carbocycles. The minimum atomic E-state index is -0.192. The van der Waals surface area contributed by atoms with Crippen molar-refractivity contribution in [1.82, 2.24) is 16.2 Å². The second kappa shape index (κ2) is 11.4. The van der Waals surface area contributed by atoms with E-state index in [2.05, 4.69) is 16.2 Å². The van der Waals surface area contributed by atoms with Crippen LogP contribution in [0.25, 0.3) is 0 Å². The molecule has 9 heteroatoms. The number of benzene rings is 1.